The van der Waals surface area contributed by atoms with Crippen LogP contribution < -0.4 is 10.1 Å². The van der Waals surface area contributed by atoms with Crippen molar-refractivity contribution in [3.63, 3.8) is 0 Å². The van der Waals surface area contributed by atoms with E-state index in [1.54, 1.807) is 7.11 Å². The minimum atomic E-state index is -0.557. The van der Waals surface area contributed by atoms with Crippen LogP contribution in [0.5, 0.6) is 5.75 Å². The zero-order valence-electron chi connectivity index (χ0n) is 11.0. The van der Waals surface area contributed by atoms with E-state index in [1.807, 2.05) is 24.3 Å². The normalized spacial score (nSPS) is 22.9. The summed E-state index contributed by atoms with van der Waals surface area (Å²) in [5.41, 5.74) is 0.961. The van der Waals surface area contributed by atoms with Crippen LogP contribution in [-0.4, -0.2) is 32.0 Å². The van der Waals surface area contributed by atoms with Crippen molar-refractivity contribution in [1.29, 1.82) is 0 Å². The van der Waals surface area contributed by atoms with Crippen molar-refractivity contribution in [3.8, 4) is 5.75 Å². The molecule has 1 aromatic carbocycles. The van der Waals surface area contributed by atoms with Crippen molar-refractivity contribution < 1.29 is 19.1 Å². The van der Waals surface area contributed by atoms with Crippen LogP contribution in [0, 0.1) is 0 Å². The third-order valence-electron chi connectivity index (χ3n) is 3.27. The molecular weight excluding hydrogens is 246 g/mol. The first kappa shape index (κ1) is 13.5. The molecule has 0 spiro atoms. The topological polar surface area (TPSA) is 64.6 Å². The molecule has 0 bridgehead atoms. The quantitative estimate of drug-likeness (QED) is 0.831. The molecule has 1 fully saturated rings. The molecular formula is C14H17NO4. The highest BCUT2D eigenvalue weighted by Gasteiger charge is 2.32. The maximum Gasteiger partial charge on any atom is 0.323 e. The summed E-state index contributed by atoms with van der Waals surface area (Å²) < 4.78 is 9.78. The average Bonchev–Trinajstić information content (AvgIpc) is 2.45. The van der Waals surface area contributed by atoms with Gasteiger partial charge in [-0.15, -0.1) is 0 Å². The third-order valence-corrected chi connectivity index (χ3v) is 3.27. The fourth-order valence-electron chi connectivity index (χ4n) is 2.24. The third kappa shape index (κ3) is 3.12. The van der Waals surface area contributed by atoms with E-state index in [-0.39, 0.29) is 18.2 Å². The number of piperidine rings is 1. The lowest BCUT2D eigenvalue weighted by atomic mass is 9.92. The number of hydrogen-bond donors (Lipinski definition) is 1. The van der Waals surface area contributed by atoms with Gasteiger partial charge in [-0.05, 0) is 17.7 Å². The molecule has 1 aliphatic heterocycles. The van der Waals surface area contributed by atoms with Crippen LogP contribution in [0.3, 0.4) is 0 Å². The summed E-state index contributed by atoms with van der Waals surface area (Å²) in [6.07, 6.45) is 0.582. The van der Waals surface area contributed by atoms with Gasteiger partial charge in [-0.1, -0.05) is 12.1 Å². The van der Waals surface area contributed by atoms with E-state index in [4.69, 9.17) is 4.74 Å². The van der Waals surface area contributed by atoms with Gasteiger partial charge < -0.3 is 9.47 Å². The standard InChI is InChI=1S/C14H17NO4/c1-18-11-5-3-9(4-6-11)12-7-10(16)8-13(15-12)14(17)19-2/h3-6,12-13,15H,7-8H2,1-2H3/t12-,13+/m1/s1. The van der Waals surface area contributed by atoms with Crippen LogP contribution in [0.4, 0.5) is 0 Å². The number of esters is 1. The van der Waals surface area contributed by atoms with Crippen LogP contribution in [0.25, 0.3) is 0 Å². The van der Waals surface area contributed by atoms with Crippen molar-refractivity contribution in [2.24, 2.45) is 0 Å². The minimum absolute atomic E-state index is 0.0648. The largest absolute Gasteiger partial charge is 0.497 e. The molecule has 0 aliphatic carbocycles. The first-order chi connectivity index (χ1) is 9.13. The predicted octanol–water partition coefficient (Wildman–Crippen LogP) is 1.23. The van der Waals surface area contributed by atoms with Gasteiger partial charge in [-0.2, -0.15) is 0 Å². The lowest BCUT2D eigenvalue weighted by molar-refractivity contribution is -0.146. The van der Waals surface area contributed by atoms with Gasteiger partial charge in [0.05, 0.1) is 14.2 Å². The zero-order chi connectivity index (χ0) is 13.8. The zero-order valence-corrected chi connectivity index (χ0v) is 11.0. The number of Topliss-reactive ketones (excluding diaryl/α,β-unsaturated/α-hetero) is 1. The summed E-state index contributed by atoms with van der Waals surface area (Å²) in [5.74, 6) is 0.428. The molecule has 1 saturated heterocycles. The molecule has 5 nitrogen and oxygen atoms in total. The Bertz CT molecular complexity index is 469. The molecule has 0 unspecified atom stereocenters. The van der Waals surface area contributed by atoms with Crippen LogP contribution >= 0.6 is 0 Å². The van der Waals surface area contributed by atoms with Crippen molar-refractivity contribution in [2.75, 3.05) is 14.2 Å². The summed E-state index contributed by atoms with van der Waals surface area (Å²) in [4.78, 5) is 23.3. The number of carbonyl (C=O) groups is 2. The van der Waals surface area contributed by atoms with E-state index in [0.29, 0.717) is 6.42 Å². The summed E-state index contributed by atoms with van der Waals surface area (Å²) in [5, 5.41) is 3.15. The smallest absolute Gasteiger partial charge is 0.323 e. The van der Waals surface area contributed by atoms with E-state index < -0.39 is 12.0 Å². The highest BCUT2D eigenvalue weighted by atomic mass is 16.5. The lowest BCUT2D eigenvalue weighted by Crippen LogP contribution is -2.46. The Kier molecular flexibility index (Phi) is 4.16. The first-order valence-corrected chi connectivity index (χ1v) is 6.13. The minimum Gasteiger partial charge on any atom is -0.497 e. The number of hydrogen-bond acceptors (Lipinski definition) is 5. The molecule has 0 radical (unpaired) electrons. The number of ketones is 1. The molecule has 2 rings (SSSR count). The Morgan fingerprint density at radius 1 is 1.21 bits per heavy atom. The molecule has 2 atom stereocenters. The Labute approximate surface area is 111 Å². The second-order valence-corrected chi connectivity index (χ2v) is 4.52. The van der Waals surface area contributed by atoms with Gasteiger partial charge in [0.1, 0.15) is 17.6 Å². The fraction of sp³-hybridized carbons (Fsp3) is 0.429. The molecule has 102 valence electrons. The van der Waals surface area contributed by atoms with Crippen LogP contribution in [-0.2, 0) is 14.3 Å². The Hall–Kier alpha value is -1.88. The first-order valence-electron chi connectivity index (χ1n) is 6.13. The molecule has 5 heteroatoms. The predicted molar refractivity (Wildman–Crippen MR) is 68.9 cm³/mol. The highest BCUT2D eigenvalue weighted by Crippen LogP contribution is 2.25. The van der Waals surface area contributed by atoms with Crippen molar-refractivity contribution in [3.05, 3.63) is 29.8 Å². The van der Waals surface area contributed by atoms with Crippen LogP contribution in [0.2, 0.25) is 0 Å². The van der Waals surface area contributed by atoms with Gasteiger partial charge in [0.15, 0.2) is 0 Å². The summed E-state index contributed by atoms with van der Waals surface area (Å²) >= 11 is 0. The van der Waals surface area contributed by atoms with Crippen LogP contribution in [0.15, 0.2) is 24.3 Å². The SMILES string of the molecule is COC(=O)[C@@H]1CC(=O)C[C@H](c2ccc(OC)cc2)N1. The molecule has 1 aromatic rings. The van der Waals surface area contributed by atoms with Crippen LogP contribution in [0.1, 0.15) is 24.4 Å². The number of methoxy groups -OCH3 is 2. The molecule has 0 saturated carbocycles. The second kappa shape index (κ2) is 5.84. The van der Waals surface area contributed by atoms with E-state index >= 15 is 0 Å². The number of carbonyl (C=O) groups excluding carboxylic acids is 2. The van der Waals surface area contributed by atoms with Crippen molar-refractivity contribution >= 4 is 11.8 Å². The Balaban J connectivity index is 2.14. The van der Waals surface area contributed by atoms with Gasteiger partial charge in [0.25, 0.3) is 0 Å². The number of benzene rings is 1. The van der Waals surface area contributed by atoms with E-state index in [0.717, 1.165) is 11.3 Å². The molecule has 1 heterocycles. The molecule has 1 N–H and O–H groups in total. The maximum absolute atomic E-state index is 11.7. The molecule has 0 amide bonds. The lowest BCUT2D eigenvalue weighted by Gasteiger charge is -2.28. The summed E-state index contributed by atoms with van der Waals surface area (Å²) in [6, 6.07) is 6.74. The monoisotopic (exact) mass is 263 g/mol. The Morgan fingerprint density at radius 2 is 1.89 bits per heavy atom. The fourth-order valence-corrected chi connectivity index (χ4v) is 2.24. The Morgan fingerprint density at radius 3 is 2.47 bits per heavy atom. The van der Waals surface area contributed by atoms with E-state index in [9.17, 15) is 9.59 Å². The molecule has 19 heavy (non-hydrogen) atoms. The van der Waals surface area contributed by atoms with Crippen molar-refractivity contribution in [1.82, 2.24) is 5.32 Å². The van der Waals surface area contributed by atoms with Gasteiger partial charge in [0.2, 0.25) is 0 Å². The van der Waals surface area contributed by atoms with Gasteiger partial charge in [0, 0.05) is 18.9 Å². The average molecular weight is 263 g/mol. The number of rotatable bonds is 3. The molecule has 0 aromatic heterocycles. The summed E-state index contributed by atoms with van der Waals surface area (Å²) in [7, 11) is 2.93. The molecule has 1 aliphatic rings. The second-order valence-electron chi connectivity index (χ2n) is 4.52. The number of ether oxygens (including phenoxy) is 2. The van der Waals surface area contributed by atoms with E-state index in [1.165, 1.54) is 7.11 Å². The van der Waals surface area contributed by atoms with Gasteiger partial charge in [-0.25, -0.2) is 0 Å². The van der Waals surface area contributed by atoms with Gasteiger partial charge >= 0.3 is 5.97 Å². The maximum atomic E-state index is 11.7. The highest BCUT2D eigenvalue weighted by molar-refractivity contribution is 5.88. The van der Waals surface area contributed by atoms with Crippen molar-refractivity contribution in [2.45, 2.75) is 24.9 Å². The van der Waals surface area contributed by atoms with Gasteiger partial charge in [-0.3, -0.25) is 14.9 Å². The summed E-state index contributed by atoms with van der Waals surface area (Å²) in [6.45, 7) is 0. The van der Waals surface area contributed by atoms with E-state index in [2.05, 4.69) is 10.1 Å². The number of nitrogens with one attached hydrogen (secondary N) is 1.